The number of benzene rings is 2. The first-order chi connectivity index (χ1) is 12.5. The van der Waals surface area contributed by atoms with E-state index in [-0.39, 0.29) is 11.9 Å². The van der Waals surface area contributed by atoms with Crippen molar-refractivity contribution >= 4 is 17.2 Å². The summed E-state index contributed by atoms with van der Waals surface area (Å²) in [6, 6.07) is 12.6. The van der Waals surface area contributed by atoms with Gasteiger partial charge in [-0.1, -0.05) is 0 Å². The first kappa shape index (κ1) is 18.3. The lowest BCUT2D eigenvalue weighted by molar-refractivity contribution is 0.103. The van der Waals surface area contributed by atoms with Gasteiger partial charge >= 0.3 is 0 Å². The van der Waals surface area contributed by atoms with E-state index in [1.807, 2.05) is 12.1 Å². The molecule has 3 rings (SSSR count). The van der Waals surface area contributed by atoms with Gasteiger partial charge in [-0.25, -0.2) is 0 Å². The molecule has 26 heavy (non-hydrogen) atoms. The van der Waals surface area contributed by atoms with E-state index in [4.69, 9.17) is 16.2 Å². The Morgan fingerprint density at radius 1 is 0.962 bits per heavy atom. The molecule has 0 amide bonds. The number of ketones is 1. The Hall–Kier alpha value is -2.53. The number of nitrogens with zero attached hydrogens (tertiary/aromatic N) is 1. The maximum absolute atomic E-state index is 12.6. The van der Waals surface area contributed by atoms with Crippen LogP contribution in [-0.2, 0) is 0 Å². The molecule has 1 aliphatic heterocycles. The quantitative estimate of drug-likeness (QED) is 0.615. The van der Waals surface area contributed by atoms with Crippen LogP contribution in [0.3, 0.4) is 0 Å². The zero-order valence-corrected chi connectivity index (χ0v) is 15.4. The zero-order chi connectivity index (χ0) is 18.7. The van der Waals surface area contributed by atoms with E-state index in [2.05, 4.69) is 18.7 Å². The molecule has 2 aromatic rings. The molecule has 1 aliphatic rings. The van der Waals surface area contributed by atoms with Crippen molar-refractivity contribution in [2.24, 2.45) is 0 Å². The molecule has 2 aromatic carbocycles. The van der Waals surface area contributed by atoms with Crippen molar-refractivity contribution in [3.8, 4) is 5.75 Å². The van der Waals surface area contributed by atoms with Crippen molar-refractivity contribution in [2.45, 2.75) is 38.8 Å². The molecule has 5 nitrogen and oxygen atoms in total. The number of anilines is 2. The molecule has 0 saturated carbocycles. The van der Waals surface area contributed by atoms with Crippen molar-refractivity contribution < 1.29 is 9.53 Å². The van der Waals surface area contributed by atoms with Gasteiger partial charge in [-0.3, -0.25) is 9.69 Å². The van der Waals surface area contributed by atoms with Crippen LogP contribution < -0.4 is 16.2 Å². The molecule has 0 aromatic heterocycles. The summed E-state index contributed by atoms with van der Waals surface area (Å²) < 4.78 is 6.07. The van der Waals surface area contributed by atoms with Crippen LogP contribution in [0.1, 0.15) is 42.6 Å². The Morgan fingerprint density at radius 2 is 1.58 bits per heavy atom. The molecular weight excluding hydrogens is 326 g/mol. The summed E-state index contributed by atoms with van der Waals surface area (Å²) in [5.74, 6) is 0.693. The molecule has 0 radical (unpaired) electrons. The number of nitrogens with two attached hydrogens (primary N) is 2. The van der Waals surface area contributed by atoms with Gasteiger partial charge in [0.25, 0.3) is 0 Å². The number of rotatable bonds is 6. The number of hydrogen-bond acceptors (Lipinski definition) is 5. The van der Waals surface area contributed by atoms with E-state index >= 15 is 0 Å². The van der Waals surface area contributed by atoms with Gasteiger partial charge in [-0.05, 0) is 82.2 Å². The summed E-state index contributed by atoms with van der Waals surface area (Å²) in [4.78, 5) is 15.0. The molecule has 2 atom stereocenters. The second-order valence-corrected chi connectivity index (χ2v) is 7.00. The van der Waals surface area contributed by atoms with Crippen LogP contribution in [0.5, 0.6) is 5.75 Å². The predicted octanol–water partition coefficient (Wildman–Crippen LogP) is 3.33. The summed E-state index contributed by atoms with van der Waals surface area (Å²) in [6.07, 6.45) is 2.62. The maximum atomic E-state index is 12.6. The lowest BCUT2D eigenvalue weighted by atomic mass is 10.0. The average molecular weight is 353 g/mol. The Labute approximate surface area is 154 Å². The van der Waals surface area contributed by atoms with Gasteiger partial charge in [0.1, 0.15) is 11.9 Å². The van der Waals surface area contributed by atoms with Crippen molar-refractivity contribution in [1.29, 1.82) is 0 Å². The lowest BCUT2D eigenvalue weighted by Crippen LogP contribution is -2.41. The van der Waals surface area contributed by atoms with Crippen LogP contribution in [0.4, 0.5) is 11.4 Å². The van der Waals surface area contributed by atoms with Gasteiger partial charge < -0.3 is 16.2 Å². The van der Waals surface area contributed by atoms with Crippen LogP contribution in [0.25, 0.3) is 0 Å². The van der Waals surface area contributed by atoms with Crippen LogP contribution in [-0.4, -0.2) is 35.9 Å². The van der Waals surface area contributed by atoms with Crippen molar-refractivity contribution in [1.82, 2.24) is 4.90 Å². The molecule has 1 fully saturated rings. The second-order valence-electron chi connectivity index (χ2n) is 7.00. The topological polar surface area (TPSA) is 81.6 Å². The Kier molecular flexibility index (Phi) is 5.47. The molecule has 138 valence electrons. The standard InChI is InChI=1S/C21H27N3O2/c1-14(24-11-3-4-12-24)15(2)26-18-8-5-16(6-9-18)21(25)17-7-10-19(22)20(23)13-17/h5-10,13-15H,3-4,11-12,22-23H2,1-2H3. The number of carbonyl (C=O) groups is 1. The van der Waals surface area contributed by atoms with E-state index < -0.39 is 0 Å². The minimum atomic E-state index is -0.0817. The molecule has 1 heterocycles. The van der Waals surface area contributed by atoms with Crippen molar-refractivity contribution in [3.05, 3.63) is 53.6 Å². The van der Waals surface area contributed by atoms with Gasteiger partial charge in [-0.15, -0.1) is 0 Å². The van der Waals surface area contributed by atoms with Crippen LogP contribution in [0, 0.1) is 0 Å². The normalized spacial score (nSPS) is 17.0. The molecule has 5 heteroatoms. The fourth-order valence-electron chi connectivity index (χ4n) is 3.33. The largest absolute Gasteiger partial charge is 0.489 e. The van der Waals surface area contributed by atoms with Gasteiger partial charge in [0.05, 0.1) is 11.4 Å². The summed E-state index contributed by atoms with van der Waals surface area (Å²) in [5.41, 5.74) is 13.5. The highest BCUT2D eigenvalue weighted by Crippen LogP contribution is 2.22. The van der Waals surface area contributed by atoms with E-state index in [0.717, 1.165) is 18.8 Å². The van der Waals surface area contributed by atoms with Crippen LogP contribution in [0.15, 0.2) is 42.5 Å². The maximum Gasteiger partial charge on any atom is 0.193 e. The third-order valence-electron chi connectivity index (χ3n) is 5.18. The molecule has 1 saturated heterocycles. The third-order valence-corrected chi connectivity index (χ3v) is 5.18. The molecule has 2 unspecified atom stereocenters. The highest BCUT2D eigenvalue weighted by atomic mass is 16.5. The Morgan fingerprint density at radius 3 is 2.19 bits per heavy atom. The summed E-state index contributed by atoms with van der Waals surface area (Å²) in [7, 11) is 0. The molecule has 0 spiro atoms. The van der Waals surface area contributed by atoms with E-state index in [1.165, 1.54) is 12.8 Å². The number of nitrogen functional groups attached to an aromatic ring is 2. The smallest absolute Gasteiger partial charge is 0.193 e. The van der Waals surface area contributed by atoms with Crippen molar-refractivity contribution in [3.63, 3.8) is 0 Å². The fourth-order valence-corrected chi connectivity index (χ4v) is 3.33. The molecule has 0 bridgehead atoms. The Balaban J connectivity index is 1.65. The van der Waals surface area contributed by atoms with E-state index in [9.17, 15) is 4.79 Å². The zero-order valence-electron chi connectivity index (χ0n) is 15.4. The van der Waals surface area contributed by atoms with E-state index in [0.29, 0.717) is 28.5 Å². The second kappa shape index (κ2) is 7.79. The first-order valence-corrected chi connectivity index (χ1v) is 9.16. The number of carbonyl (C=O) groups excluding carboxylic acids is 1. The Bertz CT molecular complexity index is 767. The average Bonchev–Trinajstić information content (AvgIpc) is 3.18. The number of hydrogen-bond donors (Lipinski definition) is 2. The molecule has 0 aliphatic carbocycles. The summed E-state index contributed by atoms with van der Waals surface area (Å²) >= 11 is 0. The van der Waals surface area contributed by atoms with Crippen LogP contribution >= 0.6 is 0 Å². The van der Waals surface area contributed by atoms with Crippen molar-refractivity contribution in [2.75, 3.05) is 24.6 Å². The van der Waals surface area contributed by atoms with Gasteiger partial charge in [0.15, 0.2) is 5.78 Å². The van der Waals surface area contributed by atoms with Gasteiger partial charge in [-0.2, -0.15) is 0 Å². The predicted molar refractivity (Wildman–Crippen MR) is 106 cm³/mol. The third kappa shape index (κ3) is 3.99. The summed E-state index contributed by atoms with van der Waals surface area (Å²) in [5, 5.41) is 0. The molecule has 4 N–H and O–H groups in total. The minimum absolute atomic E-state index is 0.0817. The number of likely N-dealkylation sites (tertiary alicyclic amines) is 1. The first-order valence-electron chi connectivity index (χ1n) is 9.16. The lowest BCUT2D eigenvalue weighted by Gasteiger charge is -2.29. The van der Waals surface area contributed by atoms with Crippen LogP contribution in [0.2, 0.25) is 0 Å². The SMILES string of the molecule is CC(Oc1ccc(C(=O)c2ccc(N)c(N)c2)cc1)C(C)N1CCCC1. The fraction of sp³-hybridized carbons (Fsp3) is 0.381. The molecular formula is C21H27N3O2. The highest BCUT2D eigenvalue weighted by Gasteiger charge is 2.24. The number of ether oxygens (including phenoxy) is 1. The van der Waals surface area contributed by atoms with Gasteiger partial charge in [0.2, 0.25) is 0 Å². The highest BCUT2D eigenvalue weighted by molar-refractivity contribution is 6.09. The monoisotopic (exact) mass is 353 g/mol. The van der Waals surface area contributed by atoms with Gasteiger partial charge in [0, 0.05) is 17.2 Å². The summed E-state index contributed by atoms with van der Waals surface area (Å²) in [6.45, 7) is 6.60. The minimum Gasteiger partial charge on any atom is -0.489 e. The van der Waals surface area contributed by atoms with E-state index in [1.54, 1.807) is 30.3 Å².